The first-order chi connectivity index (χ1) is 15.4. The molecule has 1 aromatic heterocycles. The van der Waals surface area contributed by atoms with Gasteiger partial charge in [-0.1, -0.05) is 18.2 Å². The highest BCUT2D eigenvalue weighted by molar-refractivity contribution is 6.02. The molecule has 0 saturated heterocycles. The third kappa shape index (κ3) is 4.03. The summed E-state index contributed by atoms with van der Waals surface area (Å²) in [6, 6.07) is 11.6. The smallest absolute Gasteiger partial charge is 0.305 e. The summed E-state index contributed by atoms with van der Waals surface area (Å²) in [5.74, 6) is -0.126. The lowest BCUT2D eigenvalue weighted by Crippen LogP contribution is -2.13. The molecule has 1 aliphatic rings. The molecule has 0 atom stereocenters. The predicted octanol–water partition coefficient (Wildman–Crippen LogP) is 3.58. The monoisotopic (exact) mass is 438 g/mol. The topological polar surface area (TPSA) is 92.8 Å². The summed E-state index contributed by atoms with van der Waals surface area (Å²) in [5, 5.41) is 0. The van der Waals surface area contributed by atoms with Crippen LogP contribution in [0.1, 0.15) is 33.7 Å². The number of hydrogen-bond donors (Lipinski definition) is 1. The van der Waals surface area contributed by atoms with Crippen molar-refractivity contribution in [1.82, 2.24) is 4.57 Å². The summed E-state index contributed by atoms with van der Waals surface area (Å²) in [6.07, 6.45) is 0.388. The highest BCUT2D eigenvalue weighted by Gasteiger charge is 2.26. The van der Waals surface area contributed by atoms with E-state index < -0.39 is 11.7 Å². The summed E-state index contributed by atoms with van der Waals surface area (Å²) < 4.78 is 31.6. The Balaban J connectivity index is 1.86. The average Bonchev–Trinajstić information content (AvgIpc) is 3.34. The van der Waals surface area contributed by atoms with Crippen LogP contribution >= 0.6 is 0 Å². The van der Waals surface area contributed by atoms with E-state index in [0.29, 0.717) is 46.1 Å². The Hall–Kier alpha value is -3.81. The molecule has 0 unspecified atom stereocenters. The number of nitrogens with two attached hydrogens (primary N) is 1. The van der Waals surface area contributed by atoms with Crippen LogP contribution in [0.15, 0.2) is 42.5 Å². The standard InChI is InChI=1S/C24H23FN2O5/c1-14-22(24(26)29)23(16-4-3-5-17(25)11-16)18(7-9-21(28)30-2)27(14)12-15-6-8-19-20(10-15)32-13-31-19/h3-6,8,10-11H,7,9,12-13H2,1-2H3,(H2,26,29). The van der Waals surface area contributed by atoms with Crippen LogP contribution in [-0.4, -0.2) is 30.3 Å². The Morgan fingerprint density at radius 3 is 2.66 bits per heavy atom. The SMILES string of the molecule is COC(=O)CCc1c(-c2cccc(F)c2)c(C(N)=O)c(C)n1Cc1ccc2c(c1)OCO2. The van der Waals surface area contributed by atoms with Crippen molar-refractivity contribution in [2.75, 3.05) is 13.9 Å². The molecule has 3 aromatic rings. The van der Waals surface area contributed by atoms with Gasteiger partial charge in [0, 0.05) is 23.5 Å². The van der Waals surface area contributed by atoms with E-state index in [1.54, 1.807) is 19.1 Å². The number of nitrogens with zero attached hydrogens (tertiary/aromatic N) is 1. The summed E-state index contributed by atoms with van der Waals surface area (Å²) in [6.45, 7) is 2.35. The zero-order valence-corrected chi connectivity index (χ0v) is 17.8. The molecular weight excluding hydrogens is 415 g/mol. The van der Waals surface area contributed by atoms with Gasteiger partial charge in [0.05, 0.1) is 19.1 Å². The van der Waals surface area contributed by atoms with E-state index in [-0.39, 0.29) is 25.6 Å². The van der Waals surface area contributed by atoms with Gasteiger partial charge in [-0.05, 0) is 48.7 Å². The molecule has 166 valence electrons. The molecule has 7 nitrogen and oxygen atoms in total. The quantitative estimate of drug-likeness (QED) is 0.569. The molecule has 0 radical (unpaired) electrons. The van der Waals surface area contributed by atoms with Crippen molar-refractivity contribution in [2.45, 2.75) is 26.3 Å². The Labute approximate surface area is 184 Å². The summed E-state index contributed by atoms with van der Waals surface area (Å²) in [4.78, 5) is 24.4. The van der Waals surface area contributed by atoms with E-state index in [9.17, 15) is 14.0 Å². The Morgan fingerprint density at radius 2 is 1.94 bits per heavy atom. The third-order valence-corrected chi connectivity index (χ3v) is 5.56. The van der Waals surface area contributed by atoms with E-state index >= 15 is 0 Å². The van der Waals surface area contributed by atoms with Crippen molar-refractivity contribution in [2.24, 2.45) is 5.73 Å². The number of benzene rings is 2. The Morgan fingerprint density at radius 1 is 1.16 bits per heavy atom. The van der Waals surface area contributed by atoms with Crippen molar-refractivity contribution >= 4 is 11.9 Å². The number of rotatable bonds is 7. The number of hydrogen-bond acceptors (Lipinski definition) is 5. The van der Waals surface area contributed by atoms with E-state index in [1.807, 2.05) is 22.8 Å². The van der Waals surface area contributed by atoms with Crippen LogP contribution in [-0.2, 0) is 22.5 Å². The number of carbonyl (C=O) groups excluding carboxylic acids is 2. The maximum absolute atomic E-state index is 14.0. The van der Waals surface area contributed by atoms with Crippen LogP contribution in [0.25, 0.3) is 11.1 Å². The van der Waals surface area contributed by atoms with Gasteiger partial charge in [0.25, 0.3) is 5.91 Å². The maximum atomic E-state index is 14.0. The number of fused-ring (bicyclic) bond motifs is 1. The van der Waals surface area contributed by atoms with E-state index in [4.69, 9.17) is 19.9 Å². The van der Waals surface area contributed by atoms with Gasteiger partial charge in [-0.3, -0.25) is 9.59 Å². The lowest BCUT2D eigenvalue weighted by Gasteiger charge is -2.14. The first kappa shape index (κ1) is 21.4. The van der Waals surface area contributed by atoms with Gasteiger partial charge < -0.3 is 24.5 Å². The van der Waals surface area contributed by atoms with Gasteiger partial charge >= 0.3 is 5.97 Å². The highest BCUT2D eigenvalue weighted by atomic mass is 19.1. The zero-order chi connectivity index (χ0) is 22.8. The van der Waals surface area contributed by atoms with Gasteiger partial charge in [0.2, 0.25) is 6.79 Å². The van der Waals surface area contributed by atoms with Crippen molar-refractivity contribution in [3.8, 4) is 22.6 Å². The highest BCUT2D eigenvalue weighted by Crippen LogP contribution is 2.36. The first-order valence-electron chi connectivity index (χ1n) is 10.1. The first-order valence-corrected chi connectivity index (χ1v) is 10.1. The maximum Gasteiger partial charge on any atom is 0.305 e. The third-order valence-electron chi connectivity index (χ3n) is 5.56. The summed E-state index contributed by atoms with van der Waals surface area (Å²) in [7, 11) is 1.32. The van der Waals surface area contributed by atoms with Crippen LogP contribution in [0.5, 0.6) is 11.5 Å². The molecule has 2 aromatic carbocycles. The second-order valence-electron chi connectivity index (χ2n) is 7.51. The van der Waals surface area contributed by atoms with Gasteiger partial charge in [0.1, 0.15) is 5.82 Å². The second kappa shape index (κ2) is 8.74. The minimum Gasteiger partial charge on any atom is -0.469 e. The van der Waals surface area contributed by atoms with Crippen LogP contribution in [0.2, 0.25) is 0 Å². The summed E-state index contributed by atoms with van der Waals surface area (Å²) >= 11 is 0. The summed E-state index contributed by atoms with van der Waals surface area (Å²) in [5.41, 5.74) is 9.34. The van der Waals surface area contributed by atoms with Crippen molar-refractivity contribution in [3.63, 3.8) is 0 Å². The van der Waals surface area contributed by atoms with Gasteiger partial charge in [-0.15, -0.1) is 0 Å². The fourth-order valence-electron chi connectivity index (χ4n) is 4.07. The lowest BCUT2D eigenvalue weighted by molar-refractivity contribution is -0.140. The molecule has 32 heavy (non-hydrogen) atoms. The predicted molar refractivity (Wildman–Crippen MR) is 115 cm³/mol. The number of ether oxygens (including phenoxy) is 3. The molecule has 4 rings (SSSR count). The fourth-order valence-corrected chi connectivity index (χ4v) is 4.07. The zero-order valence-electron chi connectivity index (χ0n) is 17.8. The molecule has 0 spiro atoms. The molecule has 0 bridgehead atoms. The molecule has 2 N–H and O–H groups in total. The number of carbonyl (C=O) groups is 2. The number of primary amides is 1. The average molecular weight is 438 g/mol. The van der Waals surface area contributed by atoms with Gasteiger partial charge in [0.15, 0.2) is 11.5 Å². The van der Waals surface area contributed by atoms with Gasteiger partial charge in [-0.25, -0.2) is 4.39 Å². The van der Waals surface area contributed by atoms with Crippen molar-refractivity contribution < 1.29 is 28.2 Å². The Kier molecular flexibility index (Phi) is 5.85. The van der Waals surface area contributed by atoms with E-state index in [0.717, 1.165) is 5.56 Å². The molecule has 1 amide bonds. The minimum atomic E-state index is -0.620. The number of aromatic nitrogens is 1. The largest absolute Gasteiger partial charge is 0.469 e. The molecule has 0 fully saturated rings. The lowest BCUT2D eigenvalue weighted by atomic mass is 9.98. The normalized spacial score (nSPS) is 12.1. The Bertz CT molecular complexity index is 1200. The van der Waals surface area contributed by atoms with Crippen LogP contribution < -0.4 is 15.2 Å². The minimum absolute atomic E-state index is 0.0988. The molecular formula is C24H23FN2O5. The molecule has 1 aliphatic heterocycles. The molecule has 8 heteroatoms. The number of halogens is 1. The number of esters is 1. The van der Waals surface area contributed by atoms with Crippen LogP contribution in [0, 0.1) is 12.7 Å². The number of methoxy groups -OCH3 is 1. The van der Waals surface area contributed by atoms with Crippen LogP contribution in [0.3, 0.4) is 0 Å². The second-order valence-corrected chi connectivity index (χ2v) is 7.51. The van der Waals surface area contributed by atoms with Crippen LogP contribution in [0.4, 0.5) is 4.39 Å². The fraction of sp³-hybridized carbons (Fsp3) is 0.250. The molecule has 0 aliphatic carbocycles. The van der Waals surface area contributed by atoms with Gasteiger partial charge in [-0.2, -0.15) is 0 Å². The molecule has 0 saturated carbocycles. The van der Waals surface area contributed by atoms with E-state index in [2.05, 4.69) is 0 Å². The van der Waals surface area contributed by atoms with E-state index in [1.165, 1.54) is 19.2 Å². The van der Waals surface area contributed by atoms with Crippen molar-refractivity contribution in [1.29, 1.82) is 0 Å². The van der Waals surface area contributed by atoms with Crippen molar-refractivity contribution in [3.05, 3.63) is 70.8 Å². The number of amides is 1. The molecule has 2 heterocycles.